The first-order valence-electron chi connectivity index (χ1n) is 12.7. The summed E-state index contributed by atoms with van der Waals surface area (Å²) < 4.78 is 11.6. The van der Waals surface area contributed by atoms with Crippen LogP contribution in [0.2, 0.25) is 5.02 Å². The minimum absolute atomic E-state index is 0.000387. The van der Waals surface area contributed by atoms with Crippen molar-refractivity contribution >= 4 is 39.7 Å². The van der Waals surface area contributed by atoms with Crippen molar-refractivity contribution < 1.29 is 13.9 Å². The molecule has 7 heteroatoms. The third kappa shape index (κ3) is 4.45. The van der Waals surface area contributed by atoms with Gasteiger partial charge < -0.3 is 19.8 Å². The van der Waals surface area contributed by atoms with Crippen LogP contribution in [-0.2, 0) is 4.79 Å². The van der Waals surface area contributed by atoms with E-state index in [1.807, 2.05) is 62.4 Å². The van der Waals surface area contributed by atoms with E-state index in [4.69, 9.17) is 20.8 Å². The summed E-state index contributed by atoms with van der Waals surface area (Å²) >= 11 is 6.19. The van der Waals surface area contributed by atoms with Gasteiger partial charge >= 0.3 is 0 Å². The number of ether oxygens (including phenoxy) is 1. The van der Waals surface area contributed by atoms with Crippen LogP contribution in [0, 0.1) is 0 Å². The molecular weight excluding hydrogens is 500 g/mol. The Balaban J connectivity index is 1.44. The van der Waals surface area contributed by atoms with Gasteiger partial charge in [0.05, 0.1) is 34.5 Å². The second-order valence-corrected chi connectivity index (χ2v) is 10.5. The molecule has 2 aliphatic rings. The highest BCUT2D eigenvalue weighted by atomic mass is 35.5. The predicted molar refractivity (Wildman–Crippen MR) is 150 cm³/mol. The van der Waals surface area contributed by atoms with Crippen molar-refractivity contribution in [3.8, 4) is 5.75 Å². The first-order chi connectivity index (χ1) is 18.4. The summed E-state index contributed by atoms with van der Waals surface area (Å²) in [5.41, 5.74) is 4.70. The number of halogens is 1. The molecule has 2 heterocycles. The van der Waals surface area contributed by atoms with Crippen molar-refractivity contribution in [2.24, 2.45) is 0 Å². The molecule has 1 aliphatic carbocycles. The van der Waals surface area contributed by atoms with Gasteiger partial charge in [0, 0.05) is 22.7 Å². The van der Waals surface area contributed by atoms with E-state index in [0.29, 0.717) is 40.0 Å². The summed E-state index contributed by atoms with van der Waals surface area (Å²) in [5, 5.41) is 7.80. The molecule has 2 unspecified atom stereocenters. The van der Waals surface area contributed by atoms with E-state index in [-0.39, 0.29) is 23.2 Å². The molecule has 1 aliphatic heterocycles. The fourth-order valence-electron chi connectivity index (χ4n) is 5.37. The van der Waals surface area contributed by atoms with Gasteiger partial charge in [0.2, 0.25) is 0 Å². The fourth-order valence-corrected chi connectivity index (χ4v) is 5.54. The van der Waals surface area contributed by atoms with Gasteiger partial charge in [0.15, 0.2) is 11.2 Å². The van der Waals surface area contributed by atoms with E-state index >= 15 is 0 Å². The number of carbonyl (C=O) groups excluding carboxylic acids is 1. The second kappa shape index (κ2) is 9.69. The van der Waals surface area contributed by atoms with E-state index in [0.717, 1.165) is 28.4 Å². The van der Waals surface area contributed by atoms with E-state index in [1.165, 1.54) is 6.26 Å². The lowest BCUT2D eigenvalue weighted by molar-refractivity contribution is -0.116. The van der Waals surface area contributed by atoms with Gasteiger partial charge in [-0.15, -0.1) is 0 Å². The summed E-state index contributed by atoms with van der Waals surface area (Å²) in [6, 6.07) is 20.0. The molecule has 192 valence electrons. The molecule has 4 aromatic rings. The molecule has 0 amide bonds. The average Bonchev–Trinajstić information content (AvgIpc) is 3.06. The van der Waals surface area contributed by atoms with Crippen LogP contribution in [0.3, 0.4) is 0 Å². The molecule has 1 aromatic heterocycles. The van der Waals surface area contributed by atoms with Crippen LogP contribution in [0.25, 0.3) is 11.0 Å². The maximum atomic E-state index is 13.8. The number of nitrogens with one attached hydrogen (secondary N) is 2. The van der Waals surface area contributed by atoms with Crippen molar-refractivity contribution in [1.82, 2.24) is 0 Å². The van der Waals surface area contributed by atoms with Crippen molar-refractivity contribution in [2.75, 3.05) is 10.6 Å². The van der Waals surface area contributed by atoms with Gasteiger partial charge in [-0.1, -0.05) is 35.9 Å². The maximum Gasteiger partial charge on any atom is 0.198 e. The monoisotopic (exact) mass is 526 g/mol. The largest absolute Gasteiger partial charge is 0.491 e. The van der Waals surface area contributed by atoms with Crippen LogP contribution in [-0.4, -0.2) is 11.9 Å². The zero-order valence-corrected chi connectivity index (χ0v) is 21.8. The molecule has 6 rings (SSSR count). The molecule has 0 saturated carbocycles. The quantitative estimate of drug-likeness (QED) is 0.292. The lowest BCUT2D eigenvalue weighted by Gasteiger charge is -2.29. The van der Waals surface area contributed by atoms with E-state index < -0.39 is 6.04 Å². The Labute approximate surface area is 225 Å². The van der Waals surface area contributed by atoms with E-state index in [1.54, 1.807) is 18.2 Å². The predicted octanol–water partition coefficient (Wildman–Crippen LogP) is 7.21. The molecule has 2 N–H and O–H groups in total. The number of ketones is 1. The van der Waals surface area contributed by atoms with Crippen molar-refractivity contribution in [1.29, 1.82) is 0 Å². The highest BCUT2D eigenvalue weighted by molar-refractivity contribution is 6.31. The number of benzene rings is 3. The third-order valence-corrected chi connectivity index (χ3v) is 7.34. The molecular formula is C31H27ClN2O4. The van der Waals surface area contributed by atoms with Crippen molar-refractivity contribution in [3.05, 3.63) is 111 Å². The van der Waals surface area contributed by atoms with Crippen LogP contribution in [0.1, 0.15) is 49.8 Å². The molecule has 3 aromatic carbocycles. The molecule has 0 spiro atoms. The molecule has 0 radical (unpaired) electrons. The standard InChI is InChI=1S/C31H27ClN2O4/c1-17(2)38-21-10-7-18(8-11-21)19-13-26-29(27(35)14-19)30(34-25-6-4-3-5-24(25)33-26)23-16-37-28-12-9-20(32)15-22(28)31(23)36/h3-12,15-17,19,30,33-34H,13-14H2,1-2H3. The molecule has 2 atom stereocenters. The fraction of sp³-hybridized carbons (Fsp3) is 0.226. The smallest absolute Gasteiger partial charge is 0.198 e. The van der Waals surface area contributed by atoms with Gasteiger partial charge in [-0.3, -0.25) is 9.59 Å². The maximum absolute atomic E-state index is 13.8. The minimum atomic E-state index is -0.670. The van der Waals surface area contributed by atoms with E-state index in [2.05, 4.69) is 10.6 Å². The average molecular weight is 527 g/mol. The van der Waals surface area contributed by atoms with Gasteiger partial charge in [0.1, 0.15) is 17.6 Å². The number of allylic oxidation sites excluding steroid dienone is 1. The summed E-state index contributed by atoms with van der Waals surface area (Å²) in [6.45, 7) is 3.99. The van der Waals surface area contributed by atoms with Crippen LogP contribution in [0.15, 0.2) is 93.5 Å². The zero-order chi connectivity index (χ0) is 26.4. The second-order valence-electron chi connectivity index (χ2n) is 10.1. The van der Waals surface area contributed by atoms with Gasteiger partial charge in [-0.2, -0.15) is 0 Å². The lowest BCUT2D eigenvalue weighted by Crippen LogP contribution is -2.29. The third-order valence-electron chi connectivity index (χ3n) is 7.10. The van der Waals surface area contributed by atoms with Crippen LogP contribution in [0.5, 0.6) is 5.75 Å². The summed E-state index contributed by atoms with van der Waals surface area (Å²) in [7, 11) is 0. The first-order valence-corrected chi connectivity index (χ1v) is 13.1. The normalized spacial score (nSPS) is 18.9. The van der Waals surface area contributed by atoms with Crippen molar-refractivity contribution in [3.63, 3.8) is 0 Å². The Kier molecular flexibility index (Phi) is 6.20. The molecule has 0 saturated heterocycles. The number of para-hydroxylation sites is 2. The number of rotatable bonds is 4. The molecule has 6 nitrogen and oxygen atoms in total. The number of Topliss-reactive ketones (excluding diaryl/α,β-unsaturated/α-hetero) is 1. The van der Waals surface area contributed by atoms with Gasteiger partial charge in [-0.05, 0) is 74.2 Å². The number of anilines is 2. The Morgan fingerprint density at radius 2 is 1.74 bits per heavy atom. The van der Waals surface area contributed by atoms with E-state index in [9.17, 15) is 9.59 Å². The molecule has 0 fully saturated rings. The number of carbonyl (C=O) groups is 1. The number of hydrogen-bond donors (Lipinski definition) is 2. The first kappa shape index (κ1) is 24.3. The Hall–Kier alpha value is -4.03. The molecule has 0 bridgehead atoms. The summed E-state index contributed by atoms with van der Waals surface area (Å²) in [4.78, 5) is 27.5. The Morgan fingerprint density at radius 1 is 0.974 bits per heavy atom. The highest BCUT2D eigenvalue weighted by Gasteiger charge is 2.37. The minimum Gasteiger partial charge on any atom is -0.491 e. The number of fused-ring (bicyclic) bond motifs is 2. The molecule has 38 heavy (non-hydrogen) atoms. The van der Waals surface area contributed by atoms with Crippen molar-refractivity contribution in [2.45, 2.75) is 44.8 Å². The summed E-state index contributed by atoms with van der Waals surface area (Å²) in [6.07, 6.45) is 2.52. The SMILES string of the molecule is CC(C)Oc1ccc(C2CC(=O)C3=C(C2)Nc2ccccc2NC3c2coc3ccc(Cl)cc3c2=O)cc1. The zero-order valence-electron chi connectivity index (χ0n) is 21.1. The van der Waals surface area contributed by atoms with Crippen LogP contribution in [0.4, 0.5) is 11.4 Å². The van der Waals surface area contributed by atoms with Crippen LogP contribution < -0.4 is 20.8 Å². The van der Waals surface area contributed by atoms with Crippen LogP contribution >= 0.6 is 11.6 Å². The Morgan fingerprint density at radius 3 is 2.50 bits per heavy atom. The Bertz CT molecular complexity index is 1640. The highest BCUT2D eigenvalue weighted by Crippen LogP contribution is 2.44. The lowest BCUT2D eigenvalue weighted by atomic mass is 9.78. The topological polar surface area (TPSA) is 80.6 Å². The number of hydrogen-bond acceptors (Lipinski definition) is 6. The van der Waals surface area contributed by atoms with Gasteiger partial charge in [-0.25, -0.2) is 0 Å². The summed E-state index contributed by atoms with van der Waals surface area (Å²) in [5.74, 6) is 0.793. The van der Waals surface area contributed by atoms with Gasteiger partial charge in [0.25, 0.3) is 0 Å².